The number of nitrogens with one attached hydrogen (secondary N) is 2. The van der Waals surface area contributed by atoms with E-state index in [2.05, 4.69) is 15.8 Å². The summed E-state index contributed by atoms with van der Waals surface area (Å²) >= 11 is 5.98. The SMILES string of the molecule is C/C(=N\NC(=O)CNc1ccccc1Cl)c1cccc([N+](=O)[O-])c1. The quantitative estimate of drug-likeness (QED) is 0.477. The van der Waals surface area contributed by atoms with Gasteiger partial charge in [-0.05, 0) is 19.1 Å². The minimum atomic E-state index is -0.483. The van der Waals surface area contributed by atoms with Gasteiger partial charge in [0.2, 0.25) is 0 Å². The molecule has 0 heterocycles. The predicted octanol–water partition coefficient (Wildman–Crippen LogP) is 3.20. The molecular formula is C16H15ClN4O3. The summed E-state index contributed by atoms with van der Waals surface area (Å²) in [7, 11) is 0. The number of nitro benzene ring substituents is 1. The maximum absolute atomic E-state index is 11.8. The third-order valence-electron chi connectivity index (χ3n) is 3.14. The molecule has 0 aliphatic heterocycles. The molecule has 0 fully saturated rings. The van der Waals surface area contributed by atoms with Crippen molar-refractivity contribution >= 4 is 34.6 Å². The van der Waals surface area contributed by atoms with Crippen molar-refractivity contribution in [1.82, 2.24) is 5.43 Å². The second-order valence-electron chi connectivity index (χ2n) is 4.87. The lowest BCUT2D eigenvalue weighted by molar-refractivity contribution is -0.384. The maximum atomic E-state index is 11.8. The van der Waals surface area contributed by atoms with Crippen molar-refractivity contribution in [2.75, 3.05) is 11.9 Å². The van der Waals surface area contributed by atoms with Crippen LogP contribution in [-0.2, 0) is 4.79 Å². The van der Waals surface area contributed by atoms with Gasteiger partial charge >= 0.3 is 0 Å². The van der Waals surface area contributed by atoms with Gasteiger partial charge < -0.3 is 5.32 Å². The van der Waals surface area contributed by atoms with E-state index in [1.165, 1.54) is 12.1 Å². The first kappa shape index (κ1) is 17.4. The van der Waals surface area contributed by atoms with Crippen molar-refractivity contribution in [1.29, 1.82) is 0 Å². The van der Waals surface area contributed by atoms with Gasteiger partial charge in [-0.3, -0.25) is 14.9 Å². The number of para-hydroxylation sites is 1. The van der Waals surface area contributed by atoms with Crippen molar-refractivity contribution in [3.05, 3.63) is 69.2 Å². The average Bonchev–Trinajstić information content (AvgIpc) is 2.59. The fourth-order valence-corrected chi connectivity index (χ4v) is 2.08. The first-order valence-electron chi connectivity index (χ1n) is 7.03. The van der Waals surface area contributed by atoms with Gasteiger partial charge in [-0.1, -0.05) is 35.9 Å². The van der Waals surface area contributed by atoms with E-state index in [1.54, 1.807) is 43.3 Å². The van der Waals surface area contributed by atoms with E-state index in [0.717, 1.165) is 0 Å². The van der Waals surface area contributed by atoms with Crippen LogP contribution in [0.25, 0.3) is 0 Å². The average molecular weight is 347 g/mol. The fraction of sp³-hybridized carbons (Fsp3) is 0.125. The molecular weight excluding hydrogens is 332 g/mol. The molecule has 7 nitrogen and oxygen atoms in total. The van der Waals surface area contributed by atoms with Gasteiger partial charge in [0.05, 0.1) is 27.9 Å². The first-order valence-corrected chi connectivity index (χ1v) is 7.41. The van der Waals surface area contributed by atoms with Crippen LogP contribution in [0.2, 0.25) is 5.02 Å². The summed E-state index contributed by atoms with van der Waals surface area (Å²) in [6.45, 7) is 1.65. The molecule has 1 amide bonds. The van der Waals surface area contributed by atoms with E-state index in [1.807, 2.05) is 0 Å². The first-order chi connectivity index (χ1) is 11.5. The van der Waals surface area contributed by atoms with E-state index in [4.69, 9.17) is 11.6 Å². The minimum absolute atomic E-state index is 0.00451. The Morgan fingerprint density at radius 2 is 2.00 bits per heavy atom. The number of rotatable bonds is 6. The lowest BCUT2D eigenvalue weighted by Crippen LogP contribution is -2.26. The molecule has 0 aromatic heterocycles. The zero-order chi connectivity index (χ0) is 17.5. The molecule has 0 radical (unpaired) electrons. The van der Waals surface area contributed by atoms with Gasteiger partial charge in [-0.2, -0.15) is 5.10 Å². The summed E-state index contributed by atoms with van der Waals surface area (Å²) in [5.74, 6) is -0.361. The third kappa shape index (κ3) is 4.79. The number of carbonyl (C=O) groups excluding carboxylic acids is 1. The Hall–Kier alpha value is -2.93. The summed E-state index contributed by atoms with van der Waals surface area (Å²) in [6.07, 6.45) is 0. The van der Waals surface area contributed by atoms with Gasteiger partial charge in [0.25, 0.3) is 11.6 Å². The molecule has 2 aromatic rings. The molecule has 2 N–H and O–H groups in total. The van der Waals surface area contributed by atoms with Crippen LogP contribution in [0.15, 0.2) is 53.6 Å². The number of nitrogens with zero attached hydrogens (tertiary/aromatic N) is 2. The molecule has 0 unspecified atom stereocenters. The molecule has 2 rings (SSSR count). The lowest BCUT2D eigenvalue weighted by Gasteiger charge is -2.07. The van der Waals surface area contributed by atoms with Crippen LogP contribution in [0.3, 0.4) is 0 Å². The highest BCUT2D eigenvalue weighted by Crippen LogP contribution is 2.19. The van der Waals surface area contributed by atoms with Crippen LogP contribution in [0.5, 0.6) is 0 Å². The number of benzene rings is 2. The molecule has 0 aliphatic carbocycles. The van der Waals surface area contributed by atoms with E-state index < -0.39 is 4.92 Å². The van der Waals surface area contributed by atoms with Crippen LogP contribution < -0.4 is 10.7 Å². The van der Waals surface area contributed by atoms with Crippen LogP contribution in [-0.4, -0.2) is 23.1 Å². The number of carbonyl (C=O) groups is 1. The Kier molecular flexibility index (Phi) is 5.86. The molecule has 0 spiro atoms. The highest BCUT2D eigenvalue weighted by atomic mass is 35.5. The molecule has 0 bridgehead atoms. The molecule has 0 saturated carbocycles. The Morgan fingerprint density at radius 1 is 1.25 bits per heavy atom. The Labute approximate surface area is 143 Å². The number of amides is 1. The van der Waals surface area contributed by atoms with Gasteiger partial charge in [0, 0.05) is 17.7 Å². The zero-order valence-electron chi connectivity index (χ0n) is 12.8. The fourth-order valence-electron chi connectivity index (χ4n) is 1.87. The number of non-ortho nitro benzene ring substituents is 1. The zero-order valence-corrected chi connectivity index (χ0v) is 13.6. The van der Waals surface area contributed by atoms with Crippen molar-refractivity contribution in [3.63, 3.8) is 0 Å². The minimum Gasteiger partial charge on any atom is -0.375 e. The number of hydrazone groups is 1. The highest BCUT2D eigenvalue weighted by molar-refractivity contribution is 6.33. The largest absolute Gasteiger partial charge is 0.375 e. The van der Waals surface area contributed by atoms with E-state index in [0.29, 0.717) is 22.0 Å². The van der Waals surface area contributed by atoms with Crippen LogP contribution >= 0.6 is 11.6 Å². The standard InChI is InChI=1S/C16H15ClN4O3/c1-11(12-5-4-6-13(9-12)21(23)24)19-20-16(22)10-18-15-8-3-2-7-14(15)17/h2-9,18H,10H2,1H3,(H,20,22)/b19-11+. The molecule has 8 heteroatoms. The molecule has 0 saturated heterocycles. The monoisotopic (exact) mass is 346 g/mol. The smallest absolute Gasteiger partial charge is 0.270 e. The highest BCUT2D eigenvalue weighted by Gasteiger charge is 2.08. The van der Waals surface area contributed by atoms with Crippen LogP contribution in [0, 0.1) is 10.1 Å². The normalized spacial score (nSPS) is 11.0. The summed E-state index contributed by atoms with van der Waals surface area (Å²) in [5.41, 5.74) is 4.03. The van der Waals surface area contributed by atoms with Gasteiger partial charge in [-0.15, -0.1) is 0 Å². The Balaban J connectivity index is 1.94. The maximum Gasteiger partial charge on any atom is 0.270 e. The molecule has 0 atom stereocenters. The van der Waals surface area contributed by atoms with Gasteiger partial charge in [0.15, 0.2) is 0 Å². The summed E-state index contributed by atoms with van der Waals surface area (Å²) in [5, 5.41) is 18.1. The molecule has 24 heavy (non-hydrogen) atoms. The lowest BCUT2D eigenvalue weighted by atomic mass is 10.1. The predicted molar refractivity (Wildman–Crippen MR) is 93.4 cm³/mol. The van der Waals surface area contributed by atoms with Crippen molar-refractivity contribution in [2.24, 2.45) is 5.10 Å². The molecule has 2 aromatic carbocycles. The summed E-state index contributed by atoms with van der Waals surface area (Å²) in [6, 6.07) is 13.1. The van der Waals surface area contributed by atoms with Crippen molar-refractivity contribution in [2.45, 2.75) is 6.92 Å². The Morgan fingerprint density at radius 3 is 2.71 bits per heavy atom. The van der Waals surface area contributed by atoms with Gasteiger partial charge in [0.1, 0.15) is 0 Å². The second-order valence-corrected chi connectivity index (χ2v) is 5.28. The number of hydrogen-bond donors (Lipinski definition) is 2. The van der Waals surface area contributed by atoms with E-state index in [-0.39, 0.29) is 18.1 Å². The van der Waals surface area contributed by atoms with Crippen LogP contribution in [0.1, 0.15) is 12.5 Å². The molecule has 124 valence electrons. The number of nitro groups is 1. The summed E-state index contributed by atoms with van der Waals surface area (Å²) < 4.78 is 0. The second kappa shape index (κ2) is 8.07. The van der Waals surface area contributed by atoms with Crippen molar-refractivity contribution in [3.8, 4) is 0 Å². The number of anilines is 1. The van der Waals surface area contributed by atoms with Crippen LogP contribution in [0.4, 0.5) is 11.4 Å². The summed E-state index contributed by atoms with van der Waals surface area (Å²) in [4.78, 5) is 22.1. The van der Waals surface area contributed by atoms with Gasteiger partial charge in [-0.25, -0.2) is 5.43 Å². The van der Waals surface area contributed by atoms with E-state index >= 15 is 0 Å². The Bertz CT molecular complexity index is 792. The van der Waals surface area contributed by atoms with Crippen molar-refractivity contribution < 1.29 is 9.72 Å². The number of hydrogen-bond acceptors (Lipinski definition) is 5. The number of halogens is 1. The topological polar surface area (TPSA) is 96.6 Å². The third-order valence-corrected chi connectivity index (χ3v) is 3.47. The molecule has 0 aliphatic rings. The van der Waals surface area contributed by atoms with E-state index in [9.17, 15) is 14.9 Å².